The summed E-state index contributed by atoms with van der Waals surface area (Å²) in [6.07, 6.45) is 2.39. The number of fused-ring (bicyclic) bond motifs is 1. The number of amides is 1. The molecular weight excluding hydrogens is 290 g/mol. The first kappa shape index (κ1) is 15.3. The smallest absolute Gasteiger partial charge is 0.227 e. The standard InChI is InChI=1S/C18H21N3O2/c1-18(2,3)15-12-16(20-23-15)19-17(22)9-11-21-10-8-13-6-4-5-7-14(13)21/h4-8,10,12H,9,11H2,1-3H3,(H,19,20,22). The van der Waals surface area contributed by atoms with Crippen molar-refractivity contribution in [1.29, 1.82) is 0 Å². The van der Waals surface area contributed by atoms with E-state index in [2.05, 4.69) is 33.2 Å². The maximum Gasteiger partial charge on any atom is 0.227 e. The van der Waals surface area contributed by atoms with Crippen molar-refractivity contribution in [2.75, 3.05) is 5.32 Å². The van der Waals surface area contributed by atoms with Crippen molar-refractivity contribution in [3.05, 3.63) is 48.4 Å². The van der Waals surface area contributed by atoms with Crippen molar-refractivity contribution < 1.29 is 9.32 Å². The lowest BCUT2D eigenvalue weighted by molar-refractivity contribution is -0.116. The summed E-state index contributed by atoms with van der Waals surface area (Å²) in [5, 5.41) is 7.87. The molecule has 5 heteroatoms. The van der Waals surface area contributed by atoms with Gasteiger partial charge in [-0.3, -0.25) is 4.79 Å². The van der Waals surface area contributed by atoms with Crippen LogP contribution in [0.15, 0.2) is 47.1 Å². The van der Waals surface area contributed by atoms with Gasteiger partial charge in [-0.15, -0.1) is 0 Å². The molecule has 0 saturated carbocycles. The molecule has 3 rings (SSSR count). The van der Waals surface area contributed by atoms with E-state index in [0.29, 0.717) is 18.8 Å². The fourth-order valence-corrected chi connectivity index (χ4v) is 2.45. The number of carbonyl (C=O) groups is 1. The van der Waals surface area contributed by atoms with Crippen LogP contribution in [0.1, 0.15) is 33.0 Å². The topological polar surface area (TPSA) is 60.1 Å². The summed E-state index contributed by atoms with van der Waals surface area (Å²) in [5.41, 5.74) is 1.01. The number of hydrogen-bond acceptors (Lipinski definition) is 3. The highest BCUT2D eigenvalue weighted by atomic mass is 16.5. The van der Waals surface area contributed by atoms with Gasteiger partial charge in [0.15, 0.2) is 5.82 Å². The van der Waals surface area contributed by atoms with Gasteiger partial charge in [0.25, 0.3) is 0 Å². The Kier molecular flexibility index (Phi) is 3.94. The van der Waals surface area contributed by atoms with Crippen LogP contribution in [0.25, 0.3) is 10.9 Å². The number of carbonyl (C=O) groups excluding carboxylic acids is 1. The predicted octanol–water partition coefficient (Wildman–Crippen LogP) is 3.96. The normalized spacial score (nSPS) is 11.8. The summed E-state index contributed by atoms with van der Waals surface area (Å²) in [4.78, 5) is 12.1. The lowest BCUT2D eigenvalue weighted by atomic mass is 9.93. The molecule has 0 atom stereocenters. The summed E-state index contributed by atoms with van der Waals surface area (Å²) in [6, 6.07) is 12.0. The summed E-state index contributed by atoms with van der Waals surface area (Å²) in [5.74, 6) is 1.15. The van der Waals surface area contributed by atoms with Gasteiger partial charge in [0.05, 0.1) is 0 Å². The van der Waals surface area contributed by atoms with Crippen LogP contribution in [0.4, 0.5) is 5.82 Å². The largest absolute Gasteiger partial charge is 0.359 e. The Morgan fingerprint density at radius 3 is 2.78 bits per heavy atom. The van der Waals surface area contributed by atoms with E-state index < -0.39 is 0 Å². The van der Waals surface area contributed by atoms with Gasteiger partial charge in [-0.25, -0.2) is 0 Å². The third-order valence-corrected chi connectivity index (χ3v) is 3.78. The van der Waals surface area contributed by atoms with Gasteiger partial charge >= 0.3 is 0 Å². The molecule has 0 aliphatic carbocycles. The summed E-state index contributed by atoms with van der Waals surface area (Å²) in [7, 11) is 0. The molecular formula is C18H21N3O2. The van der Waals surface area contributed by atoms with E-state index in [1.807, 2.05) is 39.1 Å². The lowest BCUT2D eigenvalue weighted by Crippen LogP contribution is -2.14. The lowest BCUT2D eigenvalue weighted by Gasteiger charge is -2.12. The quantitative estimate of drug-likeness (QED) is 0.793. The van der Waals surface area contributed by atoms with Crippen LogP contribution < -0.4 is 5.32 Å². The predicted molar refractivity (Wildman–Crippen MR) is 90.4 cm³/mol. The average Bonchev–Trinajstić information content (AvgIpc) is 3.11. The molecule has 2 aromatic heterocycles. The molecule has 0 radical (unpaired) electrons. The highest BCUT2D eigenvalue weighted by Crippen LogP contribution is 2.24. The van der Waals surface area contributed by atoms with Gasteiger partial charge < -0.3 is 14.4 Å². The van der Waals surface area contributed by atoms with Gasteiger partial charge in [0.2, 0.25) is 5.91 Å². The van der Waals surface area contributed by atoms with Gasteiger partial charge in [-0.2, -0.15) is 0 Å². The van der Waals surface area contributed by atoms with Gasteiger partial charge in [0.1, 0.15) is 5.76 Å². The number of aromatic nitrogens is 2. The molecule has 0 fully saturated rings. The van der Waals surface area contributed by atoms with E-state index in [9.17, 15) is 4.79 Å². The van der Waals surface area contributed by atoms with Crippen LogP contribution in [0.3, 0.4) is 0 Å². The number of rotatable bonds is 4. The zero-order valence-electron chi connectivity index (χ0n) is 13.7. The van der Waals surface area contributed by atoms with Crippen LogP contribution >= 0.6 is 0 Å². The minimum atomic E-state index is -0.125. The Morgan fingerprint density at radius 1 is 1.26 bits per heavy atom. The van der Waals surface area contributed by atoms with Gasteiger partial charge in [-0.05, 0) is 17.5 Å². The average molecular weight is 311 g/mol. The first-order valence-corrected chi connectivity index (χ1v) is 7.74. The summed E-state index contributed by atoms with van der Waals surface area (Å²) in [6.45, 7) is 6.74. The molecule has 0 aliphatic rings. The molecule has 0 spiro atoms. The fourth-order valence-electron chi connectivity index (χ4n) is 2.45. The van der Waals surface area contributed by atoms with Crippen LogP contribution in [-0.4, -0.2) is 15.6 Å². The van der Waals surface area contributed by atoms with Crippen molar-refractivity contribution >= 4 is 22.6 Å². The van der Waals surface area contributed by atoms with Crippen LogP contribution in [0, 0.1) is 0 Å². The third kappa shape index (κ3) is 3.44. The molecule has 0 aliphatic heterocycles. The molecule has 1 aromatic carbocycles. The van der Waals surface area contributed by atoms with E-state index in [-0.39, 0.29) is 11.3 Å². The minimum Gasteiger partial charge on any atom is -0.359 e. The van der Waals surface area contributed by atoms with Crippen LogP contribution in [0.5, 0.6) is 0 Å². The summed E-state index contributed by atoms with van der Waals surface area (Å²) >= 11 is 0. The van der Waals surface area contributed by atoms with Gasteiger partial charge in [0, 0.05) is 36.2 Å². The van der Waals surface area contributed by atoms with E-state index >= 15 is 0 Å². The maximum atomic E-state index is 12.1. The Balaban J connectivity index is 1.60. The van der Waals surface area contributed by atoms with Crippen molar-refractivity contribution in [3.63, 3.8) is 0 Å². The molecule has 23 heavy (non-hydrogen) atoms. The Labute approximate surface area is 135 Å². The zero-order valence-corrected chi connectivity index (χ0v) is 13.7. The van der Waals surface area contributed by atoms with Crippen molar-refractivity contribution in [2.45, 2.75) is 39.2 Å². The highest BCUT2D eigenvalue weighted by Gasteiger charge is 2.20. The second-order valence-electron chi connectivity index (χ2n) is 6.69. The number of hydrogen-bond donors (Lipinski definition) is 1. The van der Waals surface area contributed by atoms with E-state index in [1.165, 1.54) is 5.39 Å². The van der Waals surface area contributed by atoms with Crippen LogP contribution in [0.2, 0.25) is 0 Å². The SMILES string of the molecule is CC(C)(C)c1cc(NC(=O)CCn2ccc3ccccc32)no1. The maximum absolute atomic E-state index is 12.1. The minimum absolute atomic E-state index is 0.0726. The molecule has 2 heterocycles. The monoisotopic (exact) mass is 311 g/mol. The number of nitrogens with zero attached hydrogens (tertiary/aromatic N) is 2. The molecule has 5 nitrogen and oxygen atoms in total. The molecule has 0 unspecified atom stereocenters. The highest BCUT2D eigenvalue weighted by molar-refractivity contribution is 5.89. The number of anilines is 1. The van der Waals surface area contributed by atoms with Crippen LogP contribution in [-0.2, 0) is 16.8 Å². The fraction of sp³-hybridized carbons (Fsp3) is 0.333. The second kappa shape index (κ2) is 5.91. The van der Waals surface area contributed by atoms with Gasteiger partial charge in [-0.1, -0.05) is 44.1 Å². The van der Waals surface area contributed by atoms with Crippen molar-refractivity contribution in [2.24, 2.45) is 0 Å². The zero-order chi connectivity index (χ0) is 16.4. The van der Waals surface area contributed by atoms with Crippen molar-refractivity contribution in [1.82, 2.24) is 9.72 Å². The molecule has 0 saturated heterocycles. The Bertz CT molecular complexity index is 824. The van der Waals surface area contributed by atoms with E-state index in [1.54, 1.807) is 6.07 Å². The van der Waals surface area contributed by atoms with Crippen molar-refractivity contribution in [3.8, 4) is 0 Å². The number of aryl methyl sites for hydroxylation is 1. The Morgan fingerprint density at radius 2 is 2.04 bits per heavy atom. The van der Waals surface area contributed by atoms with E-state index in [4.69, 9.17) is 4.52 Å². The second-order valence-corrected chi connectivity index (χ2v) is 6.69. The first-order valence-electron chi connectivity index (χ1n) is 7.74. The Hall–Kier alpha value is -2.56. The number of para-hydroxylation sites is 1. The first-order chi connectivity index (χ1) is 10.9. The molecule has 3 aromatic rings. The third-order valence-electron chi connectivity index (χ3n) is 3.78. The summed E-state index contributed by atoms with van der Waals surface area (Å²) < 4.78 is 7.35. The number of nitrogens with one attached hydrogen (secondary N) is 1. The molecule has 0 bridgehead atoms. The number of benzene rings is 1. The molecule has 1 amide bonds. The van der Waals surface area contributed by atoms with E-state index in [0.717, 1.165) is 11.3 Å². The molecule has 1 N–H and O–H groups in total. The molecule has 120 valence electrons.